The van der Waals surface area contributed by atoms with Crippen LogP contribution in [0.1, 0.15) is 25.3 Å². The molecular weight excluding hydrogens is 269 g/mol. The normalized spacial score (nSPS) is 10.5. The van der Waals surface area contributed by atoms with Crippen molar-refractivity contribution in [2.75, 3.05) is 11.9 Å². The molecule has 21 heavy (non-hydrogen) atoms. The van der Waals surface area contributed by atoms with Gasteiger partial charge >= 0.3 is 0 Å². The molecule has 0 heterocycles. The number of carbonyl (C=O) groups excluding carboxylic acids is 1. The third-order valence-corrected chi connectivity index (χ3v) is 3.04. The second kappa shape index (κ2) is 6.88. The van der Waals surface area contributed by atoms with E-state index in [9.17, 15) is 9.18 Å². The number of benzene rings is 2. The molecule has 4 heteroatoms. The second-order valence-corrected chi connectivity index (χ2v) is 5.04. The van der Waals surface area contributed by atoms with Crippen LogP contribution < -0.4 is 10.1 Å². The minimum Gasteiger partial charge on any atom is -0.484 e. The molecule has 0 saturated heterocycles. The average molecular weight is 287 g/mol. The van der Waals surface area contributed by atoms with Crippen molar-refractivity contribution < 1.29 is 13.9 Å². The number of amides is 1. The van der Waals surface area contributed by atoms with E-state index in [-0.39, 0.29) is 12.3 Å². The molecule has 1 amide bonds. The Morgan fingerprint density at radius 2 is 1.95 bits per heavy atom. The topological polar surface area (TPSA) is 38.3 Å². The Balaban J connectivity index is 1.92. The van der Waals surface area contributed by atoms with Gasteiger partial charge in [-0.15, -0.1) is 0 Å². The summed E-state index contributed by atoms with van der Waals surface area (Å²) in [4.78, 5) is 11.8. The van der Waals surface area contributed by atoms with Gasteiger partial charge < -0.3 is 10.1 Å². The van der Waals surface area contributed by atoms with Crippen molar-refractivity contribution in [1.82, 2.24) is 0 Å². The zero-order chi connectivity index (χ0) is 15.2. The van der Waals surface area contributed by atoms with E-state index in [1.165, 1.54) is 12.1 Å². The largest absolute Gasteiger partial charge is 0.484 e. The first kappa shape index (κ1) is 15.0. The van der Waals surface area contributed by atoms with Gasteiger partial charge in [0.15, 0.2) is 6.61 Å². The van der Waals surface area contributed by atoms with Crippen LogP contribution in [0.4, 0.5) is 10.1 Å². The number of carbonyl (C=O) groups is 1. The molecule has 0 bridgehead atoms. The molecule has 0 aliphatic carbocycles. The lowest BCUT2D eigenvalue weighted by molar-refractivity contribution is -0.118. The summed E-state index contributed by atoms with van der Waals surface area (Å²) >= 11 is 0. The minimum absolute atomic E-state index is 0.155. The van der Waals surface area contributed by atoms with Gasteiger partial charge in [-0.1, -0.05) is 38.1 Å². The van der Waals surface area contributed by atoms with Gasteiger partial charge in [0.1, 0.15) is 11.6 Å². The van der Waals surface area contributed by atoms with Crippen molar-refractivity contribution in [2.24, 2.45) is 0 Å². The van der Waals surface area contributed by atoms with Gasteiger partial charge in [-0.3, -0.25) is 4.79 Å². The number of rotatable bonds is 5. The number of nitrogens with one attached hydrogen (secondary N) is 1. The summed E-state index contributed by atoms with van der Waals surface area (Å²) in [5, 5.41) is 2.48. The van der Waals surface area contributed by atoms with Gasteiger partial charge in [0.05, 0.1) is 5.69 Å². The fourth-order valence-electron chi connectivity index (χ4n) is 1.86. The SMILES string of the molecule is CC(C)c1cccc(OCC(=O)Nc2ccccc2F)c1. The van der Waals surface area contributed by atoms with Crippen LogP contribution in [0.2, 0.25) is 0 Å². The van der Waals surface area contributed by atoms with Crippen LogP contribution in [0.3, 0.4) is 0 Å². The molecule has 110 valence electrons. The Hall–Kier alpha value is -2.36. The van der Waals surface area contributed by atoms with Gasteiger partial charge in [0.25, 0.3) is 5.91 Å². The lowest BCUT2D eigenvalue weighted by atomic mass is 10.0. The van der Waals surface area contributed by atoms with Gasteiger partial charge in [0, 0.05) is 0 Å². The van der Waals surface area contributed by atoms with E-state index in [2.05, 4.69) is 19.2 Å². The molecular formula is C17H18FNO2. The van der Waals surface area contributed by atoms with Crippen LogP contribution >= 0.6 is 0 Å². The Morgan fingerprint density at radius 1 is 1.19 bits per heavy atom. The number of hydrogen-bond donors (Lipinski definition) is 1. The summed E-state index contributed by atoms with van der Waals surface area (Å²) in [6.07, 6.45) is 0. The molecule has 0 fully saturated rings. The third-order valence-electron chi connectivity index (χ3n) is 3.04. The van der Waals surface area contributed by atoms with Crippen molar-refractivity contribution in [3.63, 3.8) is 0 Å². The van der Waals surface area contributed by atoms with Crippen LogP contribution in [-0.2, 0) is 4.79 Å². The molecule has 2 aromatic carbocycles. The van der Waals surface area contributed by atoms with Crippen LogP contribution in [0.5, 0.6) is 5.75 Å². The molecule has 0 atom stereocenters. The van der Waals surface area contributed by atoms with Crippen molar-refractivity contribution in [1.29, 1.82) is 0 Å². The summed E-state index contributed by atoms with van der Waals surface area (Å²) < 4.78 is 18.8. The maximum Gasteiger partial charge on any atom is 0.262 e. The monoisotopic (exact) mass is 287 g/mol. The standard InChI is InChI=1S/C17H18FNO2/c1-12(2)13-6-5-7-14(10-13)21-11-17(20)19-16-9-4-3-8-15(16)18/h3-10,12H,11H2,1-2H3,(H,19,20). The van der Waals surface area contributed by atoms with E-state index in [0.717, 1.165) is 5.56 Å². The van der Waals surface area contributed by atoms with E-state index in [1.807, 2.05) is 18.2 Å². The summed E-state index contributed by atoms with van der Waals surface area (Å²) in [6.45, 7) is 4.02. The molecule has 0 aliphatic heterocycles. The summed E-state index contributed by atoms with van der Waals surface area (Å²) in [6, 6.07) is 13.6. The summed E-state index contributed by atoms with van der Waals surface area (Å²) in [5.41, 5.74) is 1.30. The minimum atomic E-state index is -0.465. The molecule has 2 aromatic rings. The molecule has 0 unspecified atom stereocenters. The van der Waals surface area contributed by atoms with Crippen LogP contribution in [0, 0.1) is 5.82 Å². The summed E-state index contributed by atoms with van der Waals surface area (Å²) in [7, 11) is 0. The molecule has 0 aromatic heterocycles. The highest BCUT2D eigenvalue weighted by molar-refractivity contribution is 5.91. The van der Waals surface area contributed by atoms with Gasteiger partial charge in [0.2, 0.25) is 0 Å². The highest BCUT2D eigenvalue weighted by Crippen LogP contribution is 2.20. The average Bonchev–Trinajstić information content (AvgIpc) is 2.48. The fourth-order valence-corrected chi connectivity index (χ4v) is 1.86. The van der Waals surface area contributed by atoms with Crippen LogP contribution in [0.25, 0.3) is 0 Å². The van der Waals surface area contributed by atoms with Crippen molar-refractivity contribution in [3.8, 4) is 5.75 Å². The predicted molar refractivity (Wildman–Crippen MR) is 81.1 cm³/mol. The molecule has 0 spiro atoms. The molecule has 1 N–H and O–H groups in total. The zero-order valence-corrected chi connectivity index (χ0v) is 12.1. The fraction of sp³-hybridized carbons (Fsp3) is 0.235. The zero-order valence-electron chi connectivity index (χ0n) is 12.1. The van der Waals surface area contributed by atoms with E-state index < -0.39 is 11.7 Å². The first-order valence-electron chi connectivity index (χ1n) is 6.83. The van der Waals surface area contributed by atoms with Crippen molar-refractivity contribution in [3.05, 3.63) is 59.9 Å². The molecule has 2 rings (SSSR count). The Labute approximate surface area is 123 Å². The smallest absolute Gasteiger partial charge is 0.262 e. The van der Waals surface area contributed by atoms with E-state index in [0.29, 0.717) is 11.7 Å². The summed E-state index contributed by atoms with van der Waals surface area (Å²) in [5.74, 6) is 0.161. The van der Waals surface area contributed by atoms with Crippen LogP contribution in [-0.4, -0.2) is 12.5 Å². The van der Waals surface area contributed by atoms with Gasteiger partial charge in [-0.05, 0) is 35.7 Å². The van der Waals surface area contributed by atoms with Gasteiger partial charge in [-0.2, -0.15) is 0 Å². The quantitative estimate of drug-likeness (QED) is 0.903. The van der Waals surface area contributed by atoms with E-state index >= 15 is 0 Å². The van der Waals surface area contributed by atoms with E-state index in [1.54, 1.807) is 18.2 Å². The highest BCUT2D eigenvalue weighted by atomic mass is 19.1. The number of para-hydroxylation sites is 1. The maximum absolute atomic E-state index is 13.4. The molecule has 0 radical (unpaired) electrons. The number of ether oxygens (including phenoxy) is 1. The number of halogens is 1. The van der Waals surface area contributed by atoms with Crippen molar-refractivity contribution >= 4 is 11.6 Å². The molecule has 3 nitrogen and oxygen atoms in total. The second-order valence-electron chi connectivity index (χ2n) is 5.04. The first-order valence-corrected chi connectivity index (χ1v) is 6.83. The maximum atomic E-state index is 13.4. The Kier molecular flexibility index (Phi) is 4.93. The molecule has 0 aliphatic rings. The Bertz CT molecular complexity index is 626. The first-order chi connectivity index (χ1) is 10.1. The van der Waals surface area contributed by atoms with E-state index in [4.69, 9.17) is 4.74 Å². The number of anilines is 1. The van der Waals surface area contributed by atoms with Crippen molar-refractivity contribution in [2.45, 2.75) is 19.8 Å². The third kappa shape index (κ3) is 4.31. The van der Waals surface area contributed by atoms with Gasteiger partial charge in [-0.25, -0.2) is 4.39 Å². The lowest BCUT2D eigenvalue weighted by Gasteiger charge is -2.10. The predicted octanol–water partition coefficient (Wildman–Crippen LogP) is 3.97. The Morgan fingerprint density at radius 3 is 2.67 bits per heavy atom. The lowest BCUT2D eigenvalue weighted by Crippen LogP contribution is -2.20. The van der Waals surface area contributed by atoms with Crippen LogP contribution in [0.15, 0.2) is 48.5 Å². The number of hydrogen-bond acceptors (Lipinski definition) is 2. The molecule has 0 saturated carbocycles. The highest BCUT2D eigenvalue weighted by Gasteiger charge is 2.07.